The van der Waals surface area contributed by atoms with Crippen LogP contribution in [-0.4, -0.2) is 42.7 Å². The van der Waals surface area contributed by atoms with Gasteiger partial charge in [0.05, 0.1) is 55.7 Å². The van der Waals surface area contributed by atoms with Crippen LogP contribution in [0.3, 0.4) is 0 Å². The molecule has 0 amide bonds. The van der Waals surface area contributed by atoms with E-state index in [0.717, 1.165) is 170 Å². The highest BCUT2D eigenvalue weighted by atomic mass is 32.1. The SMILES string of the molecule is C1=[N+]=c2sc3c(c2=C1)NC(c1ccc(-c2cc(-c4ccc(-c5ccccc5)cc4)nc(-c4cccc(-c5ccc(-c6cnc7sc8c(c7c6)N=C(c6ccc(-c7cc(-c9ccc(-c%10ccccc%10)cc9)nc(-c9ccccc9)n7)cc6)NC8c6ccc7ccccc7c6)cc5)c4)n2)cc1)N=C3c1ccc2ccccc2c1. The maximum absolute atomic E-state index is 5.54. The molecule has 12 heteroatoms. The fourth-order valence-corrected chi connectivity index (χ4v) is 17.7. The number of fused-ring (bicyclic) bond motifs is 8. The zero-order valence-electron chi connectivity index (χ0n) is 59.6. The Morgan fingerprint density at radius 1 is 0.333 bits per heavy atom. The molecule has 18 aromatic rings. The standard InChI is InChI=1S/C99H63N10S2/c1-4-15-60(16-5-1)64-31-37-68(38-32-64)84-57-85(103-94(102-84)72-21-8-3-9-22-72)70-41-47-74(48-42-70)96-107-89(79-50-36-63-20-11-13-24-76(63)54-79)93-91(109-96)83-56-81(59-101-99(83)111-93)67-29-27-66(28-30-67)77-25-14-26-80(55-77)97-104-86(69-39-33-65(34-40-69)61-17-6-2-7-18-61)58-87(105-97)71-43-45-73(46-44-71)95-106-88(78-49-35-62-19-10-12-23-75(62)53-78)92-90(108-95)82-51-52-100-98(82)110-92/h1-59,89,95,108H,(H,107,109)/q+1. The van der Waals surface area contributed by atoms with E-state index >= 15 is 0 Å². The molecule has 2 N–H and O–H groups in total. The molecular weight excluding hydrogens is 1390 g/mol. The van der Waals surface area contributed by atoms with Crippen LogP contribution >= 0.6 is 22.7 Å². The van der Waals surface area contributed by atoms with Crippen LogP contribution in [0, 0.1) is 0 Å². The monoisotopic (exact) mass is 1460 g/mol. The Labute approximate surface area is 647 Å². The lowest BCUT2D eigenvalue weighted by atomic mass is 9.97. The number of hydrogen-bond donors (Lipinski definition) is 2. The minimum absolute atomic E-state index is 0.193. The van der Waals surface area contributed by atoms with Gasteiger partial charge in [-0.05, 0) is 119 Å². The molecule has 3 aliphatic rings. The van der Waals surface area contributed by atoms with Crippen LogP contribution in [0.5, 0.6) is 0 Å². The Kier molecular flexibility index (Phi) is 16.1. The van der Waals surface area contributed by atoms with Crippen molar-refractivity contribution in [1.29, 1.82) is 0 Å². The van der Waals surface area contributed by atoms with Gasteiger partial charge in [0, 0.05) is 67.7 Å². The lowest BCUT2D eigenvalue weighted by Gasteiger charge is -2.26. The van der Waals surface area contributed by atoms with E-state index in [0.29, 0.717) is 11.6 Å². The smallest absolute Gasteiger partial charge is 0.358 e. The minimum atomic E-state index is -0.336. The van der Waals surface area contributed by atoms with E-state index in [-0.39, 0.29) is 12.2 Å². The average molecular weight is 1460 g/mol. The van der Waals surface area contributed by atoms with E-state index in [1.165, 1.54) is 27.1 Å². The summed E-state index contributed by atoms with van der Waals surface area (Å²) in [6.45, 7) is 0. The highest BCUT2D eigenvalue weighted by Crippen LogP contribution is 2.47. The van der Waals surface area contributed by atoms with Crippen LogP contribution < -0.4 is 25.2 Å². The number of thiophene rings is 2. The van der Waals surface area contributed by atoms with E-state index in [1.807, 2.05) is 42.7 Å². The second-order valence-corrected chi connectivity index (χ2v) is 30.2. The lowest BCUT2D eigenvalue weighted by molar-refractivity contribution is 0.767. The number of aliphatic imine (C=N–C) groups is 2. The fourth-order valence-electron chi connectivity index (χ4n) is 15.4. The van der Waals surface area contributed by atoms with Gasteiger partial charge in [-0.2, -0.15) is 0 Å². The van der Waals surface area contributed by atoms with Crippen LogP contribution in [0.25, 0.3) is 150 Å². The highest BCUT2D eigenvalue weighted by Gasteiger charge is 2.32. The first-order valence-electron chi connectivity index (χ1n) is 37.1. The first-order chi connectivity index (χ1) is 54.9. The Morgan fingerprint density at radius 2 is 0.793 bits per heavy atom. The summed E-state index contributed by atoms with van der Waals surface area (Å²) in [5.41, 5.74) is 25.1. The molecule has 520 valence electrons. The number of nitrogens with one attached hydrogen (secondary N) is 2. The third-order valence-corrected chi connectivity index (χ3v) is 23.6. The van der Waals surface area contributed by atoms with Crippen molar-refractivity contribution in [2.45, 2.75) is 12.2 Å². The summed E-state index contributed by atoms with van der Waals surface area (Å²) in [6.07, 6.45) is 5.65. The van der Waals surface area contributed by atoms with Crippen molar-refractivity contribution in [3.63, 3.8) is 0 Å². The lowest BCUT2D eigenvalue weighted by Crippen LogP contribution is -2.32. The van der Waals surface area contributed by atoms with Crippen molar-refractivity contribution in [1.82, 2.24) is 34.9 Å². The number of amidine groups is 1. The quantitative estimate of drug-likeness (QED) is 0.104. The number of benzene rings is 13. The molecular formula is C99H63N10S2+. The topological polar surface area (TPSA) is 127 Å². The van der Waals surface area contributed by atoms with Crippen LogP contribution in [0.2, 0.25) is 0 Å². The summed E-state index contributed by atoms with van der Waals surface area (Å²) in [6, 6.07) is 120. The second kappa shape index (κ2) is 27.5. The summed E-state index contributed by atoms with van der Waals surface area (Å²) < 4.78 is 5.71. The van der Waals surface area contributed by atoms with Gasteiger partial charge in [-0.15, -0.1) is 11.3 Å². The summed E-state index contributed by atoms with van der Waals surface area (Å²) in [5.74, 6) is 2.07. The zero-order chi connectivity index (χ0) is 73.3. The van der Waals surface area contributed by atoms with Gasteiger partial charge < -0.3 is 10.6 Å². The number of pyridine rings is 1. The number of nitrogens with zero attached hydrogens (tertiary/aromatic N) is 8. The number of hydrogen-bond acceptors (Lipinski definition) is 11. The first kappa shape index (κ1) is 65.1. The summed E-state index contributed by atoms with van der Waals surface area (Å²) >= 11 is 3.38. The maximum atomic E-state index is 5.54. The molecule has 0 saturated carbocycles. The molecule has 13 aromatic carbocycles. The molecule has 111 heavy (non-hydrogen) atoms. The molecule has 2 atom stereocenters. The molecule has 3 aliphatic heterocycles. The normalized spacial score (nSPS) is 14.0. The van der Waals surface area contributed by atoms with Crippen LogP contribution in [-0.2, 0) is 0 Å². The van der Waals surface area contributed by atoms with Crippen molar-refractivity contribution >= 4 is 89.6 Å². The van der Waals surface area contributed by atoms with E-state index in [9.17, 15) is 0 Å². The van der Waals surface area contributed by atoms with Crippen LogP contribution in [0.1, 0.15) is 44.2 Å². The molecule has 21 rings (SSSR count). The van der Waals surface area contributed by atoms with E-state index < -0.39 is 0 Å². The van der Waals surface area contributed by atoms with Crippen molar-refractivity contribution < 1.29 is 0 Å². The Hall–Kier alpha value is -14.3. The van der Waals surface area contributed by atoms with E-state index in [1.54, 1.807) is 22.7 Å². The van der Waals surface area contributed by atoms with Crippen LogP contribution in [0.4, 0.5) is 11.4 Å². The van der Waals surface area contributed by atoms with Gasteiger partial charge in [0.25, 0.3) is 6.21 Å². The molecule has 2 unspecified atom stereocenters. The van der Waals surface area contributed by atoms with E-state index in [4.69, 9.17) is 39.6 Å². The summed E-state index contributed by atoms with van der Waals surface area (Å²) in [5, 5.41) is 14.6. The van der Waals surface area contributed by atoms with E-state index in [2.05, 4.69) is 326 Å². The molecule has 0 fully saturated rings. The number of anilines is 1. The van der Waals surface area contributed by atoms with Crippen molar-refractivity contribution in [2.24, 2.45) is 9.98 Å². The number of aromatic nitrogens is 5. The molecule has 10 nitrogen and oxygen atoms in total. The van der Waals surface area contributed by atoms with Crippen LogP contribution in [0.15, 0.2) is 356 Å². The third-order valence-electron chi connectivity index (χ3n) is 21.3. The van der Waals surface area contributed by atoms with Crippen molar-refractivity contribution in [3.05, 3.63) is 388 Å². The molecule has 0 radical (unpaired) electrons. The zero-order valence-corrected chi connectivity index (χ0v) is 61.2. The minimum Gasteiger partial charge on any atom is -0.358 e. The molecule has 0 saturated heterocycles. The van der Waals surface area contributed by atoms with Gasteiger partial charge >= 0.3 is 4.67 Å². The largest absolute Gasteiger partial charge is 0.392 e. The summed E-state index contributed by atoms with van der Waals surface area (Å²) in [7, 11) is 0. The van der Waals surface area contributed by atoms with Gasteiger partial charge in [0.1, 0.15) is 22.1 Å². The molecule has 8 heterocycles. The maximum Gasteiger partial charge on any atom is 0.392 e. The highest BCUT2D eigenvalue weighted by molar-refractivity contribution is 7.19. The Bertz CT molecular complexity index is 6950. The second-order valence-electron chi connectivity index (χ2n) is 28.1. The van der Waals surface area contributed by atoms with Gasteiger partial charge in [-0.3, -0.25) is 4.99 Å². The first-order valence-corrected chi connectivity index (χ1v) is 38.8. The van der Waals surface area contributed by atoms with Gasteiger partial charge in [0.2, 0.25) is 0 Å². The predicted molar refractivity (Wildman–Crippen MR) is 458 cm³/mol. The third kappa shape index (κ3) is 12.4. The molecule has 0 spiro atoms. The average Bonchev–Trinajstić information content (AvgIpc) is 1.60. The molecule has 0 aliphatic carbocycles. The molecule has 0 bridgehead atoms. The number of rotatable bonds is 14. The van der Waals surface area contributed by atoms with Gasteiger partial charge in [-0.25, -0.2) is 29.9 Å². The molecule has 5 aromatic heterocycles. The Morgan fingerprint density at radius 3 is 1.40 bits per heavy atom. The van der Waals surface area contributed by atoms with Gasteiger partial charge in [0.15, 0.2) is 11.6 Å². The van der Waals surface area contributed by atoms with Crippen molar-refractivity contribution in [3.8, 4) is 112 Å². The Balaban J connectivity index is 0.597. The predicted octanol–water partition coefficient (Wildman–Crippen LogP) is 22.2. The fraction of sp³-hybridized carbons (Fsp3) is 0.0202. The summed E-state index contributed by atoms with van der Waals surface area (Å²) in [4.78, 5) is 40.5. The van der Waals surface area contributed by atoms with Gasteiger partial charge in [-0.1, -0.05) is 308 Å². The van der Waals surface area contributed by atoms with Crippen molar-refractivity contribution in [2.75, 3.05) is 5.32 Å².